The van der Waals surface area contributed by atoms with E-state index in [4.69, 9.17) is 4.74 Å². The molecule has 2 aromatic heterocycles. The Morgan fingerprint density at radius 3 is 2.77 bits per heavy atom. The number of benzene rings is 1. The van der Waals surface area contributed by atoms with E-state index in [1.165, 1.54) is 6.20 Å². The standard InChI is InChI=1S/C16H12BrN3O2/c17-13-8-12(9-18-10-13)16(21)22-11-14-6-7-20(19-14)15-4-2-1-3-5-15/h1-10H,11H2. The largest absolute Gasteiger partial charge is 0.455 e. The Morgan fingerprint density at radius 1 is 1.18 bits per heavy atom. The van der Waals surface area contributed by atoms with E-state index in [0.29, 0.717) is 11.3 Å². The van der Waals surface area contributed by atoms with Crippen LogP contribution in [0.4, 0.5) is 0 Å². The first-order chi connectivity index (χ1) is 10.7. The Morgan fingerprint density at radius 2 is 2.00 bits per heavy atom. The summed E-state index contributed by atoms with van der Waals surface area (Å²) in [6.07, 6.45) is 4.91. The highest BCUT2D eigenvalue weighted by Crippen LogP contribution is 2.12. The average molecular weight is 358 g/mol. The molecular weight excluding hydrogens is 346 g/mol. The molecule has 0 aliphatic rings. The van der Waals surface area contributed by atoms with Crippen LogP contribution in [0, 0.1) is 0 Å². The molecule has 3 aromatic rings. The van der Waals surface area contributed by atoms with Gasteiger partial charge in [0.2, 0.25) is 0 Å². The minimum Gasteiger partial charge on any atom is -0.455 e. The zero-order valence-electron chi connectivity index (χ0n) is 11.5. The van der Waals surface area contributed by atoms with Crippen molar-refractivity contribution in [3.8, 4) is 5.69 Å². The van der Waals surface area contributed by atoms with Crippen LogP contribution in [0.25, 0.3) is 5.69 Å². The smallest absolute Gasteiger partial charge is 0.340 e. The summed E-state index contributed by atoms with van der Waals surface area (Å²) in [7, 11) is 0. The summed E-state index contributed by atoms with van der Waals surface area (Å²) in [5.41, 5.74) is 2.04. The summed E-state index contributed by atoms with van der Waals surface area (Å²) in [6, 6.07) is 13.2. The Bertz CT molecular complexity index is 787. The predicted molar refractivity (Wildman–Crippen MR) is 84.6 cm³/mol. The van der Waals surface area contributed by atoms with Crippen molar-refractivity contribution in [2.45, 2.75) is 6.61 Å². The second kappa shape index (κ2) is 6.53. The highest BCUT2D eigenvalue weighted by molar-refractivity contribution is 9.10. The van der Waals surface area contributed by atoms with Crippen molar-refractivity contribution in [1.82, 2.24) is 14.8 Å². The average Bonchev–Trinajstić information content (AvgIpc) is 3.02. The molecule has 6 heteroatoms. The number of hydrogen-bond donors (Lipinski definition) is 0. The molecule has 1 aromatic carbocycles. The van der Waals surface area contributed by atoms with Gasteiger partial charge in [-0.25, -0.2) is 9.48 Å². The first-order valence-corrected chi connectivity index (χ1v) is 7.39. The predicted octanol–water partition coefficient (Wildman–Crippen LogP) is 3.39. The molecule has 3 rings (SSSR count). The monoisotopic (exact) mass is 357 g/mol. The van der Waals surface area contributed by atoms with Gasteiger partial charge in [-0.05, 0) is 40.2 Å². The zero-order valence-corrected chi connectivity index (χ0v) is 13.1. The van der Waals surface area contributed by atoms with E-state index in [9.17, 15) is 4.79 Å². The van der Waals surface area contributed by atoms with E-state index in [1.807, 2.05) is 42.6 Å². The molecule has 110 valence electrons. The molecule has 0 aliphatic carbocycles. The van der Waals surface area contributed by atoms with E-state index in [1.54, 1.807) is 16.9 Å². The van der Waals surface area contributed by atoms with Crippen LogP contribution in [-0.4, -0.2) is 20.7 Å². The Balaban J connectivity index is 1.65. The number of carbonyl (C=O) groups is 1. The second-order valence-electron chi connectivity index (χ2n) is 4.56. The van der Waals surface area contributed by atoms with Crippen molar-refractivity contribution < 1.29 is 9.53 Å². The van der Waals surface area contributed by atoms with E-state index in [-0.39, 0.29) is 6.61 Å². The van der Waals surface area contributed by atoms with Crippen LogP contribution in [0.5, 0.6) is 0 Å². The van der Waals surface area contributed by atoms with Gasteiger partial charge >= 0.3 is 5.97 Å². The lowest BCUT2D eigenvalue weighted by atomic mass is 10.3. The Kier molecular flexibility index (Phi) is 4.29. The normalized spacial score (nSPS) is 10.4. The molecule has 0 aliphatic heterocycles. The van der Waals surface area contributed by atoms with Crippen LogP contribution in [0.3, 0.4) is 0 Å². The fraction of sp³-hybridized carbons (Fsp3) is 0.0625. The quantitative estimate of drug-likeness (QED) is 0.671. The number of para-hydroxylation sites is 1. The van der Waals surface area contributed by atoms with Crippen LogP contribution in [0.2, 0.25) is 0 Å². The molecule has 0 saturated heterocycles. The van der Waals surface area contributed by atoms with Gasteiger partial charge in [-0.1, -0.05) is 18.2 Å². The van der Waals surface area contributed by atoms with Gasteiger partial charge in [0, 0.05) is 23.1 Å². The fourth-order valence-corrected chi connectivity index (χ4v) is 2.27. The lowest BCUT2D eigenvalue weighted by molar-refractivity contribution is 0.0467. The third-order valence-electron chi connectivity index (χ3n) is 2.96. The maximum absolute atomic E-state index is 11.9. The van der Waals surface area contributed by atoms with Crippen LogP contribution >= 0.6 is 15.9 Å². The van der Waals surface area contributed by atoms with Gasteiger partial charge in [0.1, 0.15) is 12.3 Å². The van der Waals surface area contributed by atoms with Gasteiger partial charge in [-0.2, -0.15) is 5.10 Å². The summed E-state index contributed by atoms with van der Waals surface area (Å²) >= 11 is 3.27. The molecule has 0 fully saturated rings. The SMILES string of the molecule is O=C(OCc1ccn(-c2ccccc2)n1)c1cncc(Br)c1. The number of pyridine rings is 1. The minimum atomic E-state index is -0.428. The zero-order chi connectivity index (χ0) is 15.4. The Labute approximate surface area is 135 Å². The molecular formula is C16H12BrN3O2. The van der Waals surface area contributed by atoms with E-state index in [2.05, 4.69) is 26.0 Å². The maximum atomic E-state index is 11.9. The van der Waals surface area contributed by atoms with Crippen molar-refractivity contribution in [2.24, 2.45) is 0 Å². The van der Waals surface area contributed by atoms with Gasteiger partial charge in [0.05, 0.1) is 11.3 Å². The first kappa shape index (κ1) is 14.5. The molecule has 5 nitrogen and oxygen atoms in total. The van der Waals surface area contributed by atoms with Crippen molar-refractivity contribution in [3.63, 3.8) is 0 Å². The van der Waals surface area contributed by atoms with E-state index in [0.717, 1.165) is 10.2 Å². The van der Waals surface area contributed by atoms with Gasteiger partial charge < -0.3 is 4.74 Å². The van der Waals surface area contributed by atoms with E-state index >= 15 is 0 Å². The van der Waals surface area contributed by atoms with Crippen molar-refractivity contribution in [3.05, 3.63) is 76.8 Å². The molecule has 0 radical (unpaired) electrons. The summed E-state index contributed by atoms with van der Waals surface area (Å²) < 4.78 is 7.71. The maximum Gasteiger partial charge on any atom is 0.340 e. The first-order valence-electron chi connectivity index (χ1n) is 6.60. The number of halogens is 1. The molecule has 0 amide bonds. The topological polar surface area (TPSA) is 57.0 Å². The number of esters is 1. The number of nitrogens with zero attached hydrogens (tertiary/aromatic N) is 3. The summed E-state index contributed by atoms with van der Waals surface area (Å²) in [4.78, 5) is 15.9. The van der Waals surface area contributed by atoms with Gasteiger partial charge in [-0.15, -0.1) is 0 Å². The molecule has 0 atom stereocenters. The van der Waals surface area contributed by atoms with Gasteiger partial charge in [-0.3, -0.25) is 4.98 Å². The van der Waals surface area contributed by atoms with Crippen LogP contribution in [0.1, 0.15) is 16.1 Å². The van der Waals surface area contributed by atoms with Gasteiger partial charge in [0.15, 0.2) is 0 Å². The fourth-order valence-electron chi connectivity index (χ4n) is 1.91. The van der Waals surface area contributed by atoms with Gasteiger partial charge in [0.25, 0.3) is 0 Å². The molecule has 0 N–H and O–H groups in total. The van der Waals surface area contributed by atoms with Crippen molar-refractivity contribution >= 4 is 21.9 Å². The molecule has 22 heavy (non-hydrogen) atoms. The second-order valence-corrected chi connectivity index (χ2v) is 5.47. The van der Waals surface area contributed by atoms with Crippen LogP contribution in [0.15, 0.2) is 65.5 Å². The van der Waals surface area contributed by atoms with Crippen molar-refractivity contribution in [1.29, 1.82) is 0 Å². The lowest BCUT2D eigenvalue weighted by Gasteiger charge is -2.03. The highest BCUT2D eigenvalue weighted by atomic mass is 79.9. The molecule has 0 bridgehead atoms. The molecule has 0 saturated carbocycles. The number of aromatic nitrogens is 3. The summed E-state index contributed by atoms with van der Waals surface area (Å²) in [5.74, 6) is -0.428. The summed E-state index contributed by atoms with van der Waals surface area (Å²) in [5, 5.41) is 4.38. The number of hydrogen-bond acceptors (Lipinski definition) is 4. The van der Waals surface area contributed by atoms with Crippen LogP contribution in [-0.2, 0) is 11.3 Å². The lowest BCUT2D eigenvalue weighted by Crippen LogP contribution is -2.06. The molecule has 2 heterocycles. The van der Waals surface area contributed by atoms with Crippen molar-refractivity contribution in [2.75, 3.05) is 0 Å². The molecule has 0 spiro atoms. The minimum absolute atomic E-state index is 0.116. The van der Waals surface area contributed by atoms with E-state index < -0.39 is 5.97 Å². The Hall–Kier alpha value is -2.47. The van der Waals surface area contributed by atoms with Crippen LogP contribution < -0.4 is 0 Å². The number of ether oxygens (including phenoxy) is 1. The summed E-state index contributed by atoms with van der Waals surface area (Å²) in [6.45, 7) is 0.116. The number of rotatable bonds is 4. The third-order valence-corrected chi connectivity index (χ3v) is 3.39. The number of carbonyl (C=O) groups excluding carboxylic acids is 1. The highest BCUT2D eigenvalue weighted by Gasteiger charge is 2.09. The molecule has 0 unspecified atom stereocenters. The third kappa shape index (κ3) is 3.40.